The Bertz CT molecular complexity index is 328. The molecule has 0 aromatic heterocycles. The zero-order valence-corrected chi connectivity index (χ0v) is 13.8. The summed E-state index contributed by atoms with van der Waals surface area (Å²) in [6.07, 6.45) is 6.68. The lowest BCUT2D eigenvalue weighted by atomic mass is 9.88. The zero-order valence-electron chi connectivity index (χ0n) is 13.8. The van der Waals surface area contributed by atoms with Gasteiger partial charge in [0.25, 0.3) is 0 Å². The van der Waals surface area contributed by atoms with Crippen LogP contribution >= 0.6 is 0 Å². The average Bonchev–Trinajstić information content (AvgIpc) is 3.20. The lowest BCUT2D eigenvalue weighted by molar-refractivity contribution is -0.121. The SMILES string of the molecule is CC(C)C(CCN)CCC(=O)NCC1CCN(C2CC2)C1. The Morgan fingerprint density at radius 1 is 1.29 bits per heavy atom. The Hall–Kier alpha value is -0.610. The third-order valence-electron chi connectivity index (χ3n) is 5.19. The molecule has 2 atom stereocenters. The van der Waals surface area contributed by atoms with Crippen LogP contribution in [0.3, 0.4) is 0 Å². The van der Waals surface area contributed by atoms with Gasteiger partial charge < -0.3 is 16.0 Å². The molecule has 2 unspecified atom stereocenters. The average molecular weight is 295 g/mol. The summed E-state index contributed by atoms with van der Waals surface area (Å²) in [4.78, 5) is 14.6. The number of nitrogens with zero attached hydrogens (tertiary/aromatic N) is 1. The maximum absolute atomic E-state index is 12.0. The van der Waals surface area contributed by atoms with Crippen molar-refractivity contribution < 1.29 is 4.79 Å². The minimum Gasteiger partial charge on any atom is -0.356 e. The van der Waals surface area contributed by atoms with E-state index in [1.165, 1.54) is 32.4 Å². The van der Waals surface area contributed by atoms with E-state index in [9.17, 15) is 4.79 Å². The number of hydrogen-bond donors (Lipinski definition) is 2. The van der Waals surface area contributed by atoms with Gasteiger partial charge in [0.05, 0.1) is 0 Å². The number of likely N-dealkylation sites (tertiary alicyclic amines) is 1. The van der Waals surface area contributed by atoms with E-state index in [1.807, 2.05) is 0 Å². The molecule has 122 valence electrons. The number of hydrogen-bond acceptors (Lipinski definition) is 3. The first kappa shape index (κ1) is 16.8. The molecular formula is C17H33N3O. The molecule has 0 aromatic carbocycles. The van der Waals surface area contributed by atoms with Gasteiger partial charge in [-0.1, -0.05) is 13.8 Å². The molecule has 1 aliphatic carbocycles. The van der Waals surface area contributed by atoms with E-state index >= 15 is 0 Å². The van der Waals surface area contributed by atoms with Crippen LogP contribution in [0.1, 0.15) is 52.4 Å². The molecule has 1 amide bonds. The number of carbonyl (C=O) groups excluding carboxylic acids is 1. The first-order valence-corrected chi connectivity index (χ1v) is 8.81. The van der Waals surface area contributed by atoms with Gasteiger partial charge in [-0.05, 0) is 62.9 Å². The molecule has 2 aliphatic rings. The summed E-state index contributed by atoms with van der Waals surface area (Å²) in [5.41, 5.74) is 5.65. The third kappa shape index (κ3) is 5.59. The fourth-order valence-electron chi connectivity index (χ4n) is 3.49. The van der Waals surface area contributed by atoms with Crippen LogP contribution in [0.4, 0.5) is 0 Å². The molecule has 1 aliphatic heterocycles. The predicted octanol–water partition coefficient (Wildman–Crippen LogP) is 1.99. The highest BCUT2D eigenvalue weighted by Crippen LogP contribution is 2.31. The van der Waals surface area contributed by atoms with Crippen LogP contribution in [-0.4, -0.2) is 43.0 Å². The molecule has 2 fully saturated rings. The fourth-order valence-corrected chi connectivity index (χ4v) is 3.49. The Labute approximate surface area is 129 Å². The monoisotopic (exact) mass is 295 g/mol. The molecule has 21 heavy (non-hydrogen) atoms. The van der Waals surface area contributed by atoms with Crippen LogP contribution < -0.4 is 11.1 Å². The summed E-state index contributed by atoms with van der Waals surface area (Å²) < 4.78 is 0. The Morgan fingerprint density at radius 3 is 2.67 bits per heavy atom. The minimum absolute atomic E-state index is 0.225. The summed E-state index contributed by atoms with van der Waals surface area (Å²) in [5, 5.41) is 3.14. The molecule has 1 heterocycles. The summed E-state index contributed by atoms with van der Waals surface area (Å²) in [5.74, 6) is 2.09. The van der Waals surface area contributed by atoms with Crippen molar-refractivity contribution in [3.8, 4) is 0 Å². The van der Waals surface area contributed by atoms with E-state index in [4.69, 9.17) is 5.73 Å². The van der Waals surface area contributed by atoms with Crippen molar-refractivity contribution in [1.29, 1.82) is 0 Å². The third-order valence-corrected chi connectivity index (χ3v) is 5.19. The summed E-state index contributed by atoms with van der Waals surface area (Å²) >= 11 is 0. The predicted molar refractivity (Wildman–Crippen MR) is 86.9 cm³/mol. The molecule has 0 bridgehead atoms. The zero-order chi connectivity index (χ0) is 15.2. The van der Waals surface area contributed by atoms with Crippen molar-refractivity contribution in [2.45, 2.75) is 58.4 Å². The smallest absolute Gasteiger partial charge is 0.220 e. The second-order valence-corrected chi connectivity index (χ2v) is 7.31. The van der Waals surface area contributed by atoms with E-state index in [0.29, 0.717) is 24.2 Å². The van der Waals surface area contributed by atoms with E-state index in [1.54, 1.807) is 0 Å². The van der Waals surface area contributed by atoms with Crippen molar-refractivity contribution in [3.63, 3.8) is 0 Å². The Morgan fingerprint density at radius 2 is 2.05 bits per heavy atom. The Kier molecular flexibility index (Phi) is 6.49. The summed E-state index contributed by atoms with van der Waals surface area (Å²) in [7, 11) is 0. The van der Waals surface area contributed by atoms with E-state index in [2.05, 4.69) is 24.1 Å². The molecule has 1 saturated carbocycles. The van der Waals surface area contributed by atoms with Gasteiger partial charge in [-0.3, -0.25) is 4.79 Å². The molecule has 0 radical (unpaired) electrons. The van der Waals surface area contributed by atoms with Gasteiger partial charge in [-0.25, -0.2) is 0 Å². The van der Waals surface area contributed by atoms with Gasteiger partial charge in [0.1, 0.15) is 0 Å². The molecule has 2 rings (SSSR count). The molecule has 0 spiro atoms. The lowest BCUT2D eigenvalue weighted by Gasteiger charge is -2.20. The number of rotatable bonds is 9. The molecule has 4 heteroatoms. The molecule has 4 nitrogen and oxygen atoms in total. The van der Waals surface area contributed by atoms with Gasteiger partial charge >= 0.3 is 0 Å². The summed E-state index contributed by atoms with van der Waals surface area (Å²) in [6, 6.07) is 0.869. The van der Waals surface area contributed by atoms with Crippen LogP contribution in [0.25, 0.3) is 0 Å². The maximum Gasteiger partial charge on any atom is 0.220 e. The van der Waals surface area contributed by atoms with E-state index in [0.717, 1.165) is 32.0 Å². The summed E-state index contributed by atoms with van der Waals surface area (Å²) in [6.45, 7) is 8.46. The van der Waals surface area contributed by atoms with Crippen LogP contribution in [0.15, 0.2) is 0 Å². The van der Waals surface area contributed by atoms with Crippen molar-refractivity contribution in [3.05, 3.63) is 0 Å². The first-order chi connectivity index (χ1) is 10.1. The van der Waals surface area contributed by atoms with Crippen LogP contribution in [-0.2, 0) is 4.79 Å². The van der Waals surface area contributed by atoms with Gasteiger partial charge in [-0.2, -0.15) is 0 Å². The second-order valence-electron chi connectivity index (χ2n) is 7.31. The van der Waals surface area contributed by atoms with E-state index in [-0.39, 0.29) is 5.91 Å². The van der Waals surface area contributed by atoms with Crippen molar-refractivity contribution in [2.75, 3.05) is 26.2 Å². The van der Waals surface area contributed by atoms with Crippen molar-refractivity contribution in [2.24, 2.45) is 23.5 Å². The molecule has 0 aromatic rings. The van der Waals surface area contributed by atoms with Crippen LogP contribution in [0.5, 0.6) is 0 Å². The highest BCUT2D eigenvalue weighted by atomic mass is 16.1. The van der Waals surface area contributed by atoms with Crippen LogP contribution in [0, 0.1) is 17.8 Å². The van der Waals surface area contributed by atoms with Gasteiger partial charge in [-0.15, -0.1) is 0 Å². The molecular weight excluding hydrogens is 262 g/mol. The largest absolute Gasteiger partial charge is 0.356 e. The van der Waals surface area contributed by atoms with E-state index < -0.39 is 0 Å². The number of carbonyl (C=O) groups is 1. The molecule has 1 saturated heterocycles. The topological polar surface area (TPSA) is 58.4 Å². The first-order valence-electron chi connectivity index (χ1n) is 8.81. The van der Waals surface area contributed by atoms with Crippen molar-refractivity contribution in [1.82, 2.24) is 10.2 Å². The second kappa shape index (κ2) is 8.14. The minimum atomic E-state index is 0.225. The van der Waals surface area contributed by atoms with Gasteiger partial charge in [0.15, 0.2) is 0 Å². The van der Waals surface area contributed by atoms with Crippen molar-refractivity contribution >= 4 is 5.91 Å². The van der Waals surface area contributed by atoms with Gasteiger partial charge in [0.2, 0.25) is 5.91 Å². The number of nitrogens with two attached hydrogens (primary N) is 1. The van der Waals surface area contributed by atoms with Gasteiger partial charge in [0, 0.05) is 25.6 Å². The highest BCUT2D eigenvalue weighted by molar-refractivity contribution is 5.75. The van der Waals surface area contributed by atoms with Crippen LogP contribution in [0.2, 0.25) is 0 Å². The maximum atomic E-state index is 12.0. The molecule has 3 N–H and O–H groups in total. The number of amides is 1. The fraction of sp³-hybridized carbons (Fsp3) is 0.941. The Balaban J connectivity index is 1.58. The normalized spacial score (nSPS) is 24.5. The quantitative estimate of drug-likeness (QED) is 0.684. The highest BCUT2D eigenvalue weighted by Gasteiger charge is 2.34. The number of nitrogens with one attached hydrogen (secondary N) is 1. The standard InChI is InChI=1S/C17H33N3O/c1-13(2)15(7-9-18)3-6-17(21)19-11-14-8-10-20(12-14)16-4-5-16/h13-16H,3-12,18H2,1-2H3,(H,19,21). The lowest BCUT2D eigenvalue weighted by Crippen LogP contribution is -2.31.